The minimum absolute atomic E-state index is 0.330. The van der Waals surface area contributed by atoms with E-state index in [0.29, 0.717) is 10.7 Å². The number of carboxylic acid groups (broad SMARTS) is 1. The molecule has 6 heteroatoms. The first-order valence-corrected chi connectivity index (χ1v) is 8.12. The largest absolute Gasteiger partial charge is 0.480 e. The van der Waals surface area contributed by atoms with Crippen LogP contribution in [0.3, 0.4) is 0 Å². The van der Waals surface area contributed by atoms with Gasteiger partial charge in [-0.05, 0) is 29.8 Å². The summed E-state index contributed by atoms with van der Waals surface area (Å²) in [5.74, 6) is -1.38. The van der Waals surface area contributed by atoms with Gasteiger partial charge in [-0.15, -0.1) is 11.3 Å². The number of hydrogen-bond acceptors (Lipinski definition) is 4. The lowest BCUT2D eigenvalue weighted by atomic mass is 10.1. The number of halogens is 1. The Bertz CT molecular complexity index is 832. The van der Waals surface area contributed by atoms with Crippen molar-refractivity contribution in [2.45, 2.75) is 5.25 Å². The maximum Gasteiger partial charge on any atom is 0.323 e. The smallest absolute Gasteiger partial charge is 0.323 e. The topological polar surface area (TPSA) is 50.2 Å². The van der Waals surface area contributed by atoms with Gasteiger partial charge in [-0.25, -0.2) is 9.37 Å². The summed E-state index contributed by atoms with van der Waals surface area (Å²) in [6, 6.07) is 15.6. The Kier molecular flexibility index (Phi) is 4.45. The normalized spacial score (nSPS) is 12.1. The van der Waals surface area contributed by atoms with E-state index in [9.17, 15) is 9.18 Å². The zero-order valence-electron chi connectivity index (χ0n) is 11.8. The van der Waals surface area contributed by atoms with Gasteiger partial charge < -0.3 is 5.11 Å². The van der Waals surface area contributed by atoms with Crippen LogP contribution in [0.4, 0.5) is 4.39 Å². The summed E-state index contributed by atoms with van der Waals surface area (Å²) in [7, 11) is 0. The molecule has 3 aromatic rings. The molecule has 3 nitrogen and oxygen atoms in total. The molecule has 0 aliphatic carbocycles. The molecule has 2 aromatic carbocycles. The summed E-state index contributed by atoms with van der Waals surface area (Å²) in [6.07, 6.45) is 0. The molecule has 23 heavy (non-hydrogen) atoms. The molecule has 1 heterocycles. The summed E-state index contributed by atoms with van der Waals surface area (Å²) in [5.41, 5.74) is 2.30. The molecule has 3 rings (SSSR count). The Balaban J connectivity index is 2.16. The van der Waals surface area contributed by atoms with Crippen LogP contribution in [-0.2, 0) is 4.79 Å². The summed E-state index contributed by atoms with van der Waals surface area (Å²) in [5, 5.41) is 8.57. The van der Waals surface area contributed by atoms with Crippen LogP contribution in [0.2, 0.25) is 0 Å². The number of rotatable bonds is 4. The molecule has 0 fully saturated rings. The van der Waals surface area contributed by atoms with Gasteiger partial charge in [-0.3, -0.25) is 4.79 Å². The zero-order chi connectivity index (χ0) is 16.4. The van der Waals surface area contributed by atoms with Gasteiger partial charge >= 0.3 is 5.97 Å². The third-order valence-corrected chi connectivity index (χ3v) is 5.07. The Labute approximate surface area is 141 Å². The lowest BCUT2D eigenvalue weighted by molar-refractivity contribution is -0.136. The monoisotopic (exact) mass is 345 g/mol. The van der Waals surface area contributed by atoms with Gasteiger partial charge in [-0.2, -0.15) is 12.6 Å². The number of carbonyl (C=O) groups is 1. The Morgan fingerprint density at radius 3 is 2.35 bits per heavy atom. The molecule has 0 saturated heterocycles. The number of aromatic nitrogens is 1. The molecule has 1 N–H and O–H groups in total. The van der Waals surface area contributed by atoms with Crippen molar-refractivity contribution >= 4 is 29.9 Å². The third kappa shape index (κ3) is 3.28. The second-order valence-corrected chi connectivity index (χ2v) is 6.39. The van der Waals surface area contributed by atoms with E-state index in [2.05, 4.69) is 17.6 Å². The molecule has 0 saturated carbocycles. The Hall–Kier alpha value is -2.18. The van der Waals surface area contributed by atoms with Crippen molar-refractivity contribution in [2.75, 3.05) is 0 Å². The lowest BCUT2D eigenvalue weighted by Gasteiger charge is -2.02. The third-order valence-electron chi connectivity index (χ3n) is 3.27. The molecule has 0 radical (unpaired) electrons. The van der Waals surface area contributed by atoms with E-state index < -0.39 is 11.2 Å². The van der Waals surface area contributed by atoms with Crippen LogP contribution in [0.25, 0.3) is 21.7 Å². The molecule has 0 amide bonds. The average Bonchev–Trinajstić information content (AvgIpc) is 3.00. The summed E-state index contributed by atoms with van der Waals surface area (Å²) < 4.78 is 13.2. The average molecular weight is 345 g/mol. The maximum atomic E-state index is 13.2. The Morgan fingerprint density at radius 2 is 1.74 bits per heavy atom. The fourth-order valence-corrected chi connectivity index (χ4v) is 3.44. The first-order valence-electron chi connectivity index (χ1n) is 6.79. The molecular formula is C17H12FNO2S2. The number of hydrogen-bond donors (Lipinski definition) is 2. The van der Waals surface area contributed by atoms with Crippen LogP contribution in [0, 0.1) is 5.82 Å². The van der Waals surface area contributed by atoms with E-state index in [1.807, 2.05) is 30.3 Å². The van der Waals surface area contributed by atoms with Crippen molar-refractivity contribution < 1.29 is 14.3 Å². The van der Waals surface area contributed by atoms with Gasteiger partial charge in [0.25, 0.3) is 0 Å². The predicted octanol–water partition coefficient (Wildman–Crippen LogP) is 4.67. The number of aliphatic carboxylic acids is 1. The first kappa shape index (κ1) is 15.7. The van der Waals surface area contributed by atoms with Crippen molar-refractivity contribution in [3.63, 3.8) is 0 Å². The van der Waals surface area contributed by atoms with Crippen LogP contribution >= 0.6 is 24.0 Å². The quantitative estimate of drug-likeness (QED) is 0.676. The van der Waals surface area contributed by atoms with Crippen molar-refractivity contribution in [1.82, 2.24) is 4.98 Å². The van der Waals surface area contributed by atoms with E-state index in [1.54, 1.807) is 12.1 Å². The van der Waals surface area contributed by atoms with E-state index in [1.165, 1.54) is 23.5 Å². The van der Waals surface area contributed by atoms with Crippen molar-refractivity contribution in [3.05, 3.63) is 65.4 Å². The van der Waals surface area contributed by atoms with Gasteiger partial charge in [-0.1, -0.05) is 30.3 Å². The molecule has 1 atom stereocenters. The summed E-state index contributed by atoms with van der Waals surface area (Å²) in [6.45, 7) is 0. The molecule has 0 bridgehead atoms. The highest BCUT2D eigenvalue weighted by Crippen LogP contribution is 2.39. The SMILES string of the molecule is O=C(O)C(S)c1nc(-c2ccc(F)cc2)c(-c2ccccc2)s1. The van der Waals surface area contributed by atoms with Crippen molar-refractivity contribution in [2.24, 2.45) is 0 Å². The number of thiol groups is 1. The molecule has 0 aliphatic rings. The fraction of sp³-hybridized carbons (Fsp3) is 0.0588. The fourth-order valence-electron chi connectivity index (χ4n) is 2.15. The summed E-state index contributed by atoms with van der Waals surface area (Å²) >= 11 is 5.39. The minimum atomic E-state index is -1.05. The number of thiazole rings is 1. The molecule has 1 unspecified atom stereocenters. The van der Waals surface area contributed by atoms with E-state index in [4.69, 9.17) is 5.11 Å². The van der Waals surface area contributed by atoms with Crippen LogP contribution in [0.1, 0.15) is 10.3 Å². The molecular weight excluding hydrogens is 333 g/mol. The predicted molar refractivity (Wildman–Crippen MR) is 92.3 cm³/mol. The van der Waals surface area contributed by atoms with E-state index in [0.717, 1.165) is 16.0 Å². The van der Waals surface area contributed by atoms with Gasteiger partial charge in [0.1, 0.15) is 10.8 Å². The molecule has 0 aliphatic heterocycles. The van der Waals surface area contributed by atoms with Crippen LogP contribution < -0.4 is 0 Å². The second-order valence-electron chi connectivity index (χ2n) is 4.84. The maximum absolute atomic E-state index is 13.2. The standard InChI is InChI=1S/C17H12FNO2S2/c18-12-8-6-10(7-9-12)13-15(11-4-2-1-3-5-11)23-16(19-13)14(22)17(20)21/h1-9,14,22H,(H,20,21). The highest BCUT2D eigenvalue weighted by Gasteiger charge is 2.23. The van der Waals surface area contributed by atoms with E-state index >= 15 is 0 Å². The second kappa shape index (κ2) is 6.52. The van der Waals surface area contributed by atoms with Crippen LogP contribution in [-0.4, -0.2) is 16.1 Å². The van der Waals surface area contributed by atoms with Crippen molar-refractivity contribution in [3.8, 4) is 21.7 Å². The first-order chi connectivity index (χ1) is 11.1. The highest BCUT2D eigenvalue weighted by atomic mass is 32.1. The Morgan fingerprint density at radius 1 is 1.09 bits per heavy atom. The van der Waals surface area contributed by atoms with Gasteiger partial charge in [0.05, 0.1) is 10.6 Å². The zero-order valence-corrected chi connectivity index (χ0v) is 13.5. The van der Waals surface area contributed by atoms with Gasteiger partial charge in [0.2, 0.25) is 0 Å². The highest BCUT2D eigenvalue weighted by molar-refractivity contribution is 7.81. The molecule has 0 spiro atoms. The minimum Gasteiger partial charge on any atom is -0.480 e. The van der Waals surface area contributed by atoms with E-state index in [-0.39, 0.29) is 5.82 Å². The van der Waals surface area contributed by atoms with Gasteiger partial charge in [0.15, 0.2) is 5.25 Å². The van der Waals surface area contributed by atoms with Crippen LogP contribution in [0.5, 0.6) is 0 Å². The van der Waals surface area contributed by atoms with Crippen molar-refractivity contribution in [1.29, 1.82) is 0 Å². The summed E-state index contributed by atoms with van der Waals surface area (Å²) in [4.78, 5) is 16.5. The molecule has 116 valence electrons. The molecule has 1 aromatic heterocycles. The van der Waals surface area contributed by atoms with Crippen LogP contribution in [0.15, 0.2) is 54.6 Å². The number of benzene rings is 2. The number of nitrogens with zero attached hydrogens (tertiary/aromatic N) is 1. The number of carboxylic acids is 1. The van der Waals surface area contributed by atoms with Gasteiger partial charge in [0, 0.05) is 5.56 Å². The lowest BCUT2D eigenvalue weighted by Crippen LogP contribution is -2.04.